The van der Waals surface area contributed by atoms with Gasteiger partial charge in [0.2, 0.25) is 11.8 Å². The van der Waals surface area contributed by atoms with E-state index in [0.29, 0.717) is 0 Å². The van der Waals surface area contributed by atoms with E-state index in [-0.39, 0.29) is 30.9 Å². The Morgan fingerprint density at radius 3 is 2.36 bits per heavy atom. The van der Waals surface area contributed by atoms with Gasteiger partial charge in [-0.1, -0.05) is 13.8 Å². The van der Waals surface area contributed by atoms with Gasteiger partial charge in [0.05, 0.1) is 5.92 Å². The monoisotopic (exact) mass is 203 g/mol. The van der Waals surface area contributed by atoms with Crippen LogP contribution in [0.5, 0.6) is 0 Å². The van der Waals surface area contributed by atoms with Gasteiger partial charge in [0.15, 0.2) is 6.61 Å². The molecule has 0 spiro atoms. The lowest BCUT2D eigenvalue weighted by Crippen LogP contribution is -2.39. The highest BCUT2D eigenvalue weighted by Gasteiger charge is 2.20. The summed E-state index contributed by atoms with van der Waals surface area (Å²) < 4.78 is 0. The predicted molar refractivity (Wildman–Crippen MR) is 50.7 cm³/mol. The van der Waals surface area contributed by atoms with Gasteiger partial charge in [0, 0.05) is 6.54 Å². The summed E-state index contributed by atoms with van der Waals surface area (Å²) in [4.78, 5) is 26.2. The molecular weight excluding hydrogens is 186 g/mol. The molecule has 6 nitrogen and oxygen atoms in total. The number of carbonyl (C=O) groups is 2. The van der Waals surface area contributed by atoms with Crippen molar-refractivity contribution in [2.24, 2.45) is 23.3 Å². The Kier molecular flexibility index (Phi) is 5.82. The molecule has 0 aromatic rings. The van der Waals surface area contributed by atoms with Crippen LogP contribution in [0.4, 0.5) is 0 Å². The number of amides is 2. The van der Waals surface area contributed by atoms with Crippen molar-refractivity contribution < 1.29 is 14.4 Å². The summed E-state index contributed by atoms with van der Waals surface area (Å²) in [7, 11) is 0. The summed E-state index contributed by atoms with van der Waals surface area (Å²) in [5, 5.41) is 0. The number of primary amides is 1. The molecule has 0 heterocycles. The molecule has 0 aliphatic carbocycles. The van der Waals surface area contributed by atoms with Crippen LogP contribution < -0.4 is 16.9 Å². The van der Waals surface area contributed by atoms with Gasteiger partial charge in [-0.15, -0.1) is 0 Å². The van der Waals surface area contributed by atoms with Gasteiger partial charge in [0.1, 0.15) is 0 Å². The van der Waals surface area contributed by atoms with Crippen molar-refractivity contribution in [3.05, 3.63) is 0 Å². The molecule has 0 fully saturated rings. The van der Waals surface area contributed by atoms with E-state index < -0.39 is 5.91 Å². The lowest BCUT2D eigenvalue weighted by atomic mass is 9.96. The minimum atomic E-state index is -0.640. The Hall–Kier alpha value is -1.14. The number of hydroxylamine groups is 1. The lowest BCUT2D eigenvalue weighted by Gasteiger charge is -2.17. The molecule has 6 heteroatoms. The Morgan fingerprint density at radius 1 is 1.43 bits per heavy atom. The third kappa shape index (κ3) is 4.78. The molecule has 14 heavy (non-hydrogen) atoms. The fourth-order valence-electron chi connectivity index (χ4n) is 0.936. The molecule has 0 aromatic heterocycles. The second kappa shape index (κ2) is 6.33. The van der Waals surface area contributed by atoms with Gasteiger partial charge >= 0.3 is 0 Å². The van der Waals surface area contributed by atoms with E-state index in [1.165, 1.54) is 0 Å². The molecule has 0 aromatic carbocycles. The third-order valence-electron chi connectivity index (χ3n) is 1.78. The van der Waals surface area contributed by atoms with Crippen LogP contribution in [-0.2, 0) is 14.4 Å². The second-order valence-corrected chi connectivity index (χ2v) is 3.31. The van der Waals surface area contributed by atoms with Crippen molar-refractivity contribution in [2.75, 3.05) is 13.2 Å². The number of hydrogen-bond acceptors (Lipinski definition) is 4. The van der Waals surface area contributed by atoms with E-state index in [2.05, 4.69) is 10.3 Å². The van der Waals surface area contributed by atoms with E-state index >= 15 is 0 Å². The van der Waals surface area contributed by atoms with Gasteiger partial charge in [-0.05, 0) is 5.92 Å². The molecule has 0 aliphatic rings. The van der Waals surface area contributed by atoms with Crippen LogP contribution in [-0.4, -0.2) is 25.0 Å². The van der Waals surface area contributed by atoms with Crippen molar-refractivity contribution in [1.29, 1.82) is 0 Å². The van der Waals surface area contributed by atoms with Gasteiger partial charge < -0.3 is 11.5 Å². The Balaban J connectivity index is 3.87. The second-order valence-electron chi connectivity index (χ2n) is 3.31. The molecule has 0 aliphatic heterocycles. The summed E-state index contributed by atoms with van der Waals surface area (Å²) in [5.41, 5.74) is 12.3. The third-order valence-corrected chi connectivity index (χ3v) is 1.78. The minimum Gasteiger partial charge on any atom is -0.368 e. The Morgan fingerprint density at radius 2 is 2.00 bits per heavy atom. The first kappa shape index (κ1) is 12.9. The van der Waals surface area contributed by atoms with Crippen LogP contribution in [0.15, 0.2) is 0 Å². The molecule has 5 N–H and O–H groups in total. The van der Waals surface area contributed by atoms with Gasteiger partial charge in [0.25, 0.3) is 0 Å². The summed E-state index contributed by atoms with van der Waals surface area (Å²) in [6.45, 7) is 3.67. The highest BCUT2D eigenvalue weighted by molar-refractivity contribution is 5.79. The molecule has 1 unspecified atom stereocenters. The molecule has 1 atom stereocenters. The quantitative estimate of drug-likeness (QED) is 0.469. The molecule has 0 saturated carbocycles. The van der Waals surface area contributed by atoms with Crippen molar-refractivity contribution >= 4 is 11.8 Å². The zero-order valence-corrected chi connectivity index (χ0v) is 8.45. The van der Waals surface area contributed by atoms with Gasteiger partial charge in [-0.3, -0.25) is 14.4 Å². The Labute approximate surface area is 82.9 Å². The molecule has 82 valence electrons. The summed E-state index contributed by atoms with van der Waals surface area (Å²) >= 11 is 0. The largest absolute Gasteiger partial charge is 0.368 e. The highest BCUT2D eigenvalue weighted by Crippen LogP contribution is 2.08. The first-order valence-corrected chi connectivity index (χ1v) is 4.39. The fraction of sp³-hybridized carbons (Fsp3) is 0.750. The maximum atomic E-state index is 11.3. The van der Waals surface area contributed by atoms with E-state index in [0.717, 1.165) is 0 Å². The van der Waals surface area contributed by atoms with Crippen LogP contribution in [0.1, 0.15) is 13.8 Å². The number of hydrogen-bond donors (Lipinski definition) is 3. The molecule has 0 bridgehead atoms. The van der Waals surface area contributed by atoms with E-state index in [1.807, 2.05) is 13.8 Å². The first-order valence-electron chi connectivity index (χ1n) is 4.39. The van der Waals surface area contributed by atoms with Crippen LogP contribution in [0.25, 0.3) is 0 Å². The fourth-order valence-corrected chi connectivity index (χ4v) is 0.936. The highest BCUT2D eigenvalue weighted by atomic mass is 16.7. The number of rotatable bonds is 6. The van der Waals surface area contributed by atoms with Crippen LogP contribution in [0, 0.1) is 11.8 Å². The smallest absolute Gasteiger partial charge is 0.248 e. The average molecular weight is 203 g/mol. The van der Waals surface area contributed by atoms with Crippen molar-refractivity contribution in [3.63, 3.8) is 0 Å². The average Bonchev–Trinajstić information content (AvgIpc) is 2.03. The topological polar surface area (TPSA) is 107 Å². The maximum absolute atomic E-state index is 11.3. The molecule has 0 radical (unpaired) electrons. The van der Waals surface area contributed by atoms with Gasteiger partial charge in [-0.25, -0.2) is 5.48 Å². The SMILES string of the molecule is CC(C)C(CN)C(=O)NOCC(N)=O. The van der Waals surface area contributed by atoms with E-state index in [9.17, 15) is 9.59 Å². The van der Waals surface area contributed by atoms with Crippen molar-refractivity contribution in [2.45, 2.75) is 13.8 Å². The molecule has 0 saturated heterocycles. The van der Waals surface area contributed by atoms with Gasteiger partial charge in [-0.2, -0.15) is 0 Å². The van der Waals surface area contributed by atoms with Crippen molar-refractivity contribution in [3.8, 4) is 0 Å². The van der Waals surface area contributed by atoms with E-state index in [1.54, 1.807) is 0 Å². The Bertz CT molecular complexity index is 206. The molecule has 0 rings (SSSR count). The summed E-state index contributed by atoms with van der Waals surface area (Å²) in [5.74, 6) is -1.16. The van der Waals surface area contributed by atoms with Crippen molar-refractivity contribution in [1.82, 2.24) is 5.48 Å². The maximum Gasteiger partial charge on any atom is 0.248 e. The van der Waals surface area contributed by atoms with E-state index in [4.69, 9.17) is 11.5 Å². The zero-order chi connectivity index (χ0) is 11.1. The predicted octanol–water partition coefficient (Wildman–Crippen LogP) is -1.25. The summed E-state index contributed by atoms with van der Waals surface area (Å²) in [6, 6.07) is 0. The first-order chi connectivity index (χ1) is 6.49. The standard InChI is InChI=1S/C8H17N3O3/c1-5(2)6(3-9)8(13)11-14-4-7(10)12/h5-6H,3-4,9H2,1-2H3,(H2,10,12)(H,11,13). The number of nitrogens with two attached hydrogens (primary N) is 2. The minimum absolute atomic E-state index is 0.122. The number of nitrogens with one attached hydrogen (secondary N) is 1. The number of carbonyl (C=O) groups excluding carboxylic acids is 2. The van der Waals surface area contributed by atoms with Crippen LogP contribution >= 0.6 is 0 Å². The molecular formula is C8H17N3O3. The van der Waals surface area contributed by atoms with Crippen LogP contribution in [0.2, 0.25) is 0 Å². The summed E-state index contributed by atoms with van der Waals surface area (Å²) in [6.07, 6.45) is 0. The van der Waals surface area contributed by atoms with Crippen LogP contribution in [0.3, 0.4) is 0 Å². The molecule has 2 amide bonds. The lowest BCUT2D eigenvalue weighted by molar-refractivity contribution is -0.142. The zero-order valence-electron chi connectivity index (χ0n) is 8.45. The normalized spacial score (nSPS) is 12.6.